The Morgan fingerprint density at radius 2 is 2.50 bits per heavy atom. The monoisotopic (exact) mass is 190 g/mol. The van der Waals surface area contributed by atoms with Gasteiger partial charge in [-0.05, 0) is 37.4 Å². The van der Waals surface area contributed by atoms with Gasteiger partial charge >= 0.3 is 0 Å². The zero-order valence-electron chi connectivity index (χ0n) is 8.79. The fourth-order valence-corrected chi connectivity index (χ4v) is 2.48. The number of aromatic nitrogens is 1. The molecule has 2 heteroatoms. The van der Waals surface area contributed by atoms with Gasteiger partial charge in [-0.25, -0.2) is 0 Å². The van der Waals surface area contributed by atoms with Crippen LogP contribution in [0.15, 0.2) is 24.5 Å². The van der Waals surface area contributed by atoms with Crippen molar-refractivity contribution in [3.05, 3.63) is 30.1 Å². The summed E-state index contributed by atoms with van der Waals surface area (Å²) in [5.41, 5.74) is 1.59. The molecule has 1 aliphatic rings. The maximum Gasteiger partial charge on any atom is 0.0450 e. The lowest BCUT2D eigenvalue weighted by atomic mass is 9.85. The highest BCUT2D eigenvalue weighted by Gasteiger charge is 2.34. The van der Waals surface area contributed by atoms with E-state index in [4.69, 9.17) is 0 Å². The van der Waals surface area contributed by atoms with Crippen LogP contribution in [0.5, 0.6) is 0 Å². The van der Waals surface area contributed by atoms with Crippen molar-refractivity contribution in [2.75, 3.05) is 6.54 Å². The minimum absolute atomic E-state index is 0.225. The SMILES string of the molecule is CCCC1(c2cccnc2)CCCN1. The number of nitrogens with zero attached hydrogens (tertiary/aromatic N) is 1. The number of nitrogens with one attached hydrogen (secondary N) is 1. The maximum atomic E-state index is 4.22. The molecule has 1 aliphatic heterocycles. The molecule has 0 aromatic carbocycles. The van der Waals surface area contributed by atoms with Crippen LogP contribution in [-0.4, -0.2) is 11.5 Å². The molecular formula is C12H18N2. The second-order valence-electron chi connectivity index (χ2n) is 4.10. The summed E-state index contributed by atoms with van der Waals surface area (Å²) in [6.45, 7) is 3.40. The van der Waals surface area contributed by atoms with E-state index in [0.717, 1.165) is 6.54 Å². The summed E-state index contributed by atoms with van der Waals surface area (Å²) in [4.78, 5) is 4.22. The first-order valence-electron chi connectivity index (χ1n) is 5.53. The van der Waals surface area contributed by atoms with Gasteiger partial charge in [0.1, 0.15) is 0 Å². The molecule has 1 saturated heterocycles. The van der Waals surface area contributed by atoms with E-state index in [-0.39, 0.29) is 5.54 Å². The molecule has 0 spiro atoms. The van der Waals surface area contributed by atoms with E-state index in [1.807, 2.05) is 18.5 Å². The summed E-state index contributed by atoms with van der Waals surface area (Å²) >= 11 is 0. The molecule has 76 valence electrons. The lowest BCUT2D eigenvalue weighted by Gasteiger charge is -2.29. The Morgan fingerprint density at radius 1 is 1.57 bits per heavy atom. The Morgan fingerprint density at radius 3 is 3.07 bits per heavy atom. The number of pyridine rings is 1. The zero-order chi connectivity index (χ0) is 9.86. The van der Waals surface area contributed by atoms with Crippen molar-refractivity contribution in [1.82, 2.24) is 10.3 Å². The molecule has 2 heterocycles. The van der Waals surface area contributed by atoms with Gasteiger partial charge in [-0.2, -0.15) is 0 Å². The highest BCUT2D eigenvalue weighted by molar-refractivity contribution is 5.22. The summed E-state index contributed by atoms with van der Waals surface area (Å²) in [6.07, 6.45) is 8.84. The smallest absolute Gasteiger partial charge is 0.0450 e. The zero-order valence-corrected chi connectivity index (χ0v) is 8.79. The Kier molecular flexibility index (Phi) is 2.82. The minimum atomic E-state index is 0.225. The molecule has 1 aromatic heterocycles. The van der Waals surface area contributed by atoms with Gasteiger partial charge < -0.3 is 5.32 Å². The fraction of sp³-hybridized carbons (Fsp3) is 0.583. The van der Waals surface area contributed by atoms with Crippen LogP contribution in [0, 0.1) is 0 Å². The first-order valence-corrected chi connectivity index (χ1v) is 5.53. The Hall–Kier alpha value is -0.890. The highest BCUT2D eigenvalue weighted by atomic mass is 15.0. The van der Waals surface area contributed by atoms with Gasteiger partial charge in [-0.15, -0.1) is 0 Å². The summed E-state index contributed by atoms with van der Waals surface area (Å²) in [5.74, 6) is 0. The van der Waals surface area contributed by atoms with E-state index in [0.29, 0.717) is 0 Å². The van der Waals surface area contributed by atoms with Crippen LogP contribution in [0.1, 0.15) is 38.2 Å². The molecule has 0 radical (unpaired) electrons. The summed E-state index contributed by atoms with van der Waals surface area (Å²) in [6, 6.07) is 4.23. The first-order chi connectivity index (χ1) is 6.87. The molecule has 1 fully saturated rings. The van der Waals surface area contributed by atoms with Crippen LogP contribution in [0.25, 0.3) is 0 Å². The quantitative estimate of drug-likeness (QED) is 0.792. The van der Waals surface area contributed by atoms with Crippen molar-refractivity contribution in [3.63, 3.8) is 0 Å². The third-order valence-corrected chi connectivity index (χ3v) is 3.13. The van der Waals surface area contributed by atoms with E-state index in [2.05, 4.69) is 23.3 Å². The number of rotatable bonds is 3. The van der Waals surface area contributed by atoms with E-state index in [1.165, 1.54) is 31.2 Å². The molecule has 1 unspecified atom stereocenters. The van der Waals surface area contributed by atoms with Crippen LogP contribution < -0.4 is 5.32 Å². The summed E-state index contributed by atoms with van der Waals surface area (Å²) in [5, 5.41) is 3.65. The van der Waals surface area contributed by atoms with Crippen molar-refractivity contribution in [2.45, 2.75) is 38.1 Å². The van der Waals surface area contributed by atoms with Crippen molar-refractivity contribution >= 4 is 0 Å². The van der Waals surface area contributed by atoms with Gasteiger partial charge in [0.25, 0.3) is 0 Å². The van der Waals surface area contributed by atoms with E-state index >= 15 is 0 Å². The molecule has 2 rings (SSSR count). The van der Waals surface area contributed by atoms with Crippen LogP contribution >= 0.6 is 0 Å². The lowest BCUT2D eigenvalue weighted by Crippen LogP contribution is -2.36. The van der Waals surface area contributed by atoms with Crippen LogP contribution in [-0.2, 0) is 5.54 Å². The molecule has 1 N–H and O–H groups in total. The minimum Gasteiger partial charge on any atom is -0.307 e. The summed E-state index contributed by atoms with van der Waals surface area (Å²) in [7, 11) is 0. The van der Waals surface area contributed by atoms with Crippen molar-refractivity contribution in [3.8, 4) is 0 Å². The largest absolute Gasteiger partial charge is 0.307 e. The average Bonchev–Trinajstić information content (AvgIpc) is 2.70. The Balaban J connectivity index is 2.27. The van der Waals surface area contributed by atoms with Crippen LogP contribution in [0.2, 0.25) is 0 Å². The van der Waals surface area contributed by atoms with Gasteiger partial charge in [-0.1, -0.05) is 19.4 Å². The van der Waals surface area contributed by atoms with Crippen molar-refractivity contribution in [1.29, 1.82) is 0 Å². The molecule has 0 aliphatic carbocycles. The van der Waals surface area contributed by atoms with Crippen LogP contribution in [0.4, 0.5) is 0 Å². The van der Waals surface area contributed by atoms with Gasteiger partial charge in [0, 0.05) is 17.9 Å². The van der Waals surface area contributed by atoms with Gasteiger partial charge in [0.15, 0.2) is 0 Å². The van der Waals surface area contributed by atoms with Crippen LogP contribution in [0.3, 0.4) is 0 Å². The molecule has 14 heavy (non-hydrogen) atoms. The third kappa shape index (κ3) is 1.67. The predicted molar refractivity (Wildman–Crippen MR) is 58.1 cm³/mol. The molecule has 1 atom stereocenters. The predicted octanol–water partition coefficient (Wildman–Crippen LogP) is 2.46. The molecule has 2 nitrogen and oxygen atoms in total. The molecular weight excluding hydrogens is 172 g/mol. The number of hydrogen-bond acceptors (Lipinski definition) is 2. The molecule has 1 aromatic rings. The van der Waals surface area contributed by atoms with E-state index in [9.17, 15) is 0 Å². The second-order valence-corrected chi connectivity index (χ2v) is 4.10. The number of hydrogen-bond donors (Lipinski definition) is 1. The third-order valence-electron chi connectivity index (χ3n) is 3.13. The first kappa shape index (κ1) is 9.66. The van der Waals surface area contributed by atoms with Gasteiger partial charge in [0.05, 0.1) is 0 Å². The normalized spacial score (nSPS) is 26.6. The van der Waals surface area contributed by atoms with Gasteiger partial charge in [-0.3, -0.25) is 4.98 Å². The van der Waals surface area contributed by atoms with Crippen molar-refractivity contribution < 1.29 is 0 Å². The van der Waals surface area contributed by atoms with Crippen molar-refractivity contribution in [2.24, 2.45) is 0 Å². The second kappa shape index (κ2) is 4.09. The maximum absolute atomic E-state index is 4.22. The molecule has 0 bridgehead atoms. The average molecular weight is 190 g/mol. The standard InChI is InChI=1S/C12H18N2/c1-2-6-12(7-4-9-14-12)11-5-3-8-13-10-11/h3,5,8,10,14H,2,4,6-7,9H2,1H3. The topological polar surface area (TPSA) is 24.9 Å². The van der Waals surface area contributed by atoms with Gasteiger partial charge in [0.2, 0.25) is 0 Å². The fourth-order valence-electron chi connectivity index (χ4n) is 2.48. The summed E-state index contributed by atoms with van der Waals surface area (Å²) < 4.78 is 0. The lowest BCUT2D eigenvalue weighted by molar-refractivity contribution is 0.355. The molecule has 0 saturated carbocycles. The van der Waals surface area contributed by atoms with E-state index in [1.54, 1.807) is 0 Å². The van der Waals surface area contributed by atoms with E-state index < -0.39 is 0 Å². The Labute approximate surface area is 85.7 Å². The molecule has 0 amide bonds. The highest BCUT2D eigenvalue weighted by Crippen LogP contribution is 2.34. The Bertz CT molecular complexity index is 276.